The molecular formula is C25H20FP. The minimum absolute atomic E-state index is 0.212. The molecule has 27 heavy (non-hydrogen) atoms. The fourth-order valence-corrected chi connectivity index (χ4v) is 7.35. The van der Waals surface area contributed by atoms with Crippen molar-refractivity contribution in [1.29, 1.82) is 0 Å². The number of benzene rings is 4. The second-order valence-corrected chi connectivity index (χ2v) is 9.67. The predicted molar refractivity (Wildman–Crippen MR) is 117 cm³/mol. The van der Waals surface area contributed by atoms with Gasteiger partial charge in [0.2, 0.25) is 0 Å². The van der Waals surface area contributed by atoms with E-state index in [1.54, 1.807) is 12.1 Å². The smallest absolute Gasteiger partial charge is 0.123 e. The van der Waals surface area contributed by atoms with Crippen LogP contribution in [0.4, 0.5) is 4.39 Å². The number of hydrogen-bond donors (Lipinski definition) is 0. The van der Waals surface area contributed by atoms with Gasteiger partial charge < -0.3 is 0 Å². The maximum Gasteiger partial charge on any atom is 0.123 e. The van der Waals surface area contributed by atoms with Crippen LogP contribution >= 0.6 is 6.89 Å². The molecular weight excluding hydrogens is 350 g/mol. The van der Waals surface area contributed by atoms with Crippen LogP contribution in [-0.4, -0.2) is 5.80 Å². The second-order valence-electron chi connectivity index (χ2n) is 6.41. The SMILES string of the molecule is Fc1cccc(C=P(c2ccccc2)(c2ccccc2)c2ccccc2)c1. The van der Waals surface area contributed by atoms with Gasteiger partial charge in [0.15, 0.2) is 0 Å². The Morgan fingerprint density at radius 3 is 1.37 bits per heavy atom. The normalized spacial score (nSPS) is 11.1. The summed E-state index contributed by atoms with van der Waals surface area (Å²) in [6.45, 7) is -2.09. The third-order valence-corrected chi connectivity index (χ3v) is 8.71. The summed E-state index contributed by atoms with van der Waals surface area (Å²) in [5.41, 5.74) is 0.903. The molecule has 0 spiro atoms. The minimum Gasteiger partial charge on any atom is -0.207 e. The zero-order valence-electron chi connectivity index (χ0n) is 14.9. The average Bonchev–Trinajstić information content (AvgIpc) is 2.74. The van der Waals surface area contributed by atoms with Crippen LogP contribution in [0.15, 0.2) is 115 Å². The topological polar surface area (TPSA) is 0 Å². The van der Waals surface area contributed by atoms with Gasteiger partial charge in [-0.3, -0.25) is 0 Å². The molecule has 0 fully saturated rings. The molecule has 0 atom stereocenters. The van der Waals surface area contributed by atoms with Crippen molar-refractivity contribution >= 4 is 28.6 Å². The van der Waals surface area contributed by atoms with Crippen LogP contribution in [0.2, 0.25) is 0 Å². The molecule has 0 amide bonds. The summed E-state index contributed by atoms with van der Waals surface area (Å²) in [5, 5.41) is 3.77. The van der Waals surface area contributed by atoms with Gasteiger partial charge >= 0.3 is 0 Å². The summed E-state index contributed by atoms with van der Waals surface area (Å²) in [6, 6.07) is 38.6. The van der Waals surface area contributed by atoms with E-state index in [4.69, 9.17) is 0 Å². The standard InChI is InChI=1S/C25H20FP/c26-22-12-10-11-21(19-22)20-27(23-13-4-1-5-14-23,24-15-6-2-7-16-24)25-17-8-3-9-18-25/h1-20H. The van der Waals surface area contributed by atoms with Gasteiger partial charge in [0.05, 0.1) is 0 Å². The lowest BCUT2D eigenvalue weighted by Gasteiger charge is -2.29. The summed E-state index contributed by atoms with van der Waals surface area (Å²) in [4.78, 5) is 0. The quantitative estimate of drug-likeness (QED) is 0.445. The molecule has 0 N–H and O–H groups in total. The lowest BCUT2D eigenvalue weighted by Crippen LogP contribution is -2.27. The summed E-state index contributed by atoms with van der Waals surface area (Å²) < 4.78 is 13.9. The Balaban J connectivity index is 2.13. The van der Waals surface area contributed by atoms with E-state index < -0.39 is 6.89 Å². The third kappa shape index (κ3) is 3.52. The van der Waals surface area contributed by atoms with Crippen LogP contribution < -0.4 is 15.9 Å². The summed E-state index contributed by atoms with van der Waals surface area (Å²) in [7, 11) is 0. The molecule has 0 radical (unpaired) electrons. The molecule has 4 aromatic rings. The van der Waals surface area contributed by atoms with Gasteiger partial charge in [0.1, 0.15) is 5.82 Å². The van der Waals surface area contributed by atoms with E-state index >= 15 is 0 Å². The predicted octanol–water partition coefficient (Wildman–Crippen LogP) is 4.97. The molecule has 0 nitrogen and oxygen atoms in total. The Kier molecular flexibility index (Phi) is 5.05. The van der Waals surface area contributed by atoms with E-state index in [2.05, 4.69) is 78.6 Å². The highest BCUT2D eigenvalue weighted by molar-refractivity contribution is 7.94. The highest BCUT2D eigenvalue weighted by Gasteiger charge is 2.24. The first kappa shape index (κ1) is 17.5. The molecule has 0 bridgehead atoms. The zero-order valence-corrected chi connectivity index (χ0v) is 15.8. The zero-order chi connectivity index (χ0) is 18.5. The van der Waals surface area contributed by atoms with Gasteiger partial charge in [-0.1, -0.05) is 103 Å². The van der Waals surface area contributed by atoms with Gasteiger partial charge in [-0.15, -0.1) is 0 Å². The van der Waals surface area contributed by atoms with E-state index in [-0.39, 0.29) is 5.82 Å². The van der Waals surface area contributed by atoms with E-state index in [0.29, 0.717) is 0 Å². The van der Waals surface area contributed by atoms with Crippen molar-refractivity contribution in [1.82, 2.24) is 0 Å². The average molecular weight is 370 g/mol. The molecule has 0 saturated heterocycles. The van der Waals surface area contributed by atoms with Gasteiger partial charge in [-0.2, -0.15) is 0 Å². The van der Waals surface area contributed by atoms with Crippen molar-refractivity contribution in [3.63, 3.8) is 0 Å². The highest BCUT2D eigenvalue weighted by atomic mass is 31.2. The van der Waals surface area contributed by atoms with Crippen LogP contribution in [0.3, 0.4) is 0 Å². The van der Waals surface area contributed by atoms with E-state index in [1.807, 2.05) is 24.3 Å². The molecule has 0 aromatic heterocycles. The molecule has 0 aliphatic carbocycles. The molecule has 4 aromatic carbocycles. The van der Waals surface area contributed by atoms with Crippen molar-refractivity contribution in [2.75, 3.05) is 0 Å². The lowest BCUT2D eigenvalue weighted by molar-refractivity contribution is 0.627. The molecule has 0 aliphatic rings. The number of hydrogen-bond acceptors (Lipinski definition) is 0. The number of halogens is 1. The van der Waals surface area contributed by atoms with Crippen molar-refractivity contribution in [2.24, 2.45) is 0 Å². The fourth-order valence-electron chi connectivity index (χ4n) is 3.47. The Morgan fingerprint density at radius 2 is 0.963 bits per heavy atom. The first-order valence-electron chi connectivity index (χ1n) is 8.96. The van der Waals surface area contributed by atoms with E-state index in [0.717, 1.165) is 5.56 Å². The Bertz CT molecular complexity index is 967. The minimum atomic E-state index is -2.09. The van der Waals surface area contributed by atoms with Crippen molar-refractivity contribution in [3.8, 4) is 0 Å². The molecule has 0 saturated carbocycles. The third-order valence-electron chi connectivity index (χ3n) is 4.68. The maximum absolute atomic E-state index is 13.9. The maximum atomic E-state index is 13.9. The first-order valence-corrected chi connectivity index (χ1v) is 10.8. The van der Waals surface area contributed by atoms with Crippen LogP contribution in [0.25, 0.3) is 0 Å². The lowest BCUT2D eigenvalue weighted by atomic mass is 10.2. The molecule has 2 heteroatoms. The second kappa shape index (κ2) is 7.78. The highest BCUT2D eigenvalue weighted by Crippen LogP contribution is 2.44. The Labute approximate surface area is 159 Å². The van der Waals surface area contributed by atoms with E-state index in [9.17, 15) is 4.39 Å². The van der Waals surface area contributed by atoms with Crippen LogP contribution in [0.1, 0.15) is 5.56 Å². The first-order chi connectivity index (χ1) is 13.3. The monoisotopic (exact) mass is 370 g/mol. The Morgan fingerprint density at radius 1 is 0.519 bits per heavy atom. The van der Waals surface area contributed by atoms with Crippen LogP contribution in [0.5, 0.6) is 0 Å². The summed E-state index contributed by atoms with van der Waals surface area (Å²) >= 11 is 0. The van der Waals surface area contributed by atoms with Gasteiger partial charge in [-0.25, -0.2) is 4.39 Å². The summed E-state index contributed by atoms with van der Waals surface area (Å²) in [6.07, 6.45) is 0. The van der Waals surface area contributed by atoms with Crippen LogP contribution in [0, 0.1) is 5.82 Å². The fraction of sp³-hybridized carbons (Fsp3) is 0. The van der Waals surface area contributed by atoms with Gasteiger partial charge in [0, 0.05) is 0 Å². The molecule has 132 valence electrons. The van der Waals surface area contributed by atoms with Gasteiger partial charge in [-0.05, 0) is 46.3 Å². The van der Waals surface area contributed by atoms with Gasteiger partial charge in [0.25, 0.3) is 0 Å². The Hall–Kier alpha value is -2.89. The van der Waals surface area contributed by atoms with Crippen LogP contribution in [-0.2, 0) is 0 Å². The largest absolute Gasteiger partial charge is 0.207 e. The van der Waals surface area contributed by atoms with Crippen molar-refractivity contribution < 1.29 is 4.39 Å². The summed E-state index contributed by atoms with van der Waals surface area (Å²) in [5.74, 6) is 2.06. The van der Waals surface area contributed by atoms with Crippen molar-refractivity contribution in [2.45, 2.75) is 0 Å². The molecule has 0 unspecified atom stereocenters. The molecule has 0 heterocycles. The molecule has 4 rings (SSSR count). The van der Waals surface area contributed by atoms with E-state index in [1.165, 1.54) is 22.0 Å². The van der Waals surface area contributed by atoms with Crippen molar-refractivity contribution in [3.05, 3.63) is 127 Å². The molecule has 0 aliphatic heterocycles. The number of rotatable bonds is 4.